The van der Waals surface area contributed by atoms with E-state index in [1.54, 1.807) is 26.0 Å². The zero-order valence-electron chi connectivity index (χ0n) is 16.4. The first kappa shape index (κ1) is 21.5. The molecule has 0 bridgehead atoms. The number of benzene rings is 2. The lowest BCUT2D eigenvalue weighted by Crippen LogP contribution is -2.16. The van der Waals surface area contributed by atoms with Gasteiger partial charge in [0.1, 0.15) is 5.75 Å². The van der Waals surface area contributed by atoms with Crippen molar-refractivity contribution in [1.82, 2.24) is 9.97 Å². The number of aromatic nitrogens is 2. The third kappa shape index (κ3) is 4.86. The Kier molecular flexibility index (Phi) is 5.94. The maximum absolute atomic E-state index is 12.6. The molecule has 0 aliphatic rings. The van der Waals surface area contributed by atoms with Crippen LogP contribution in [0.15, 0.2) is 64.5 Å². The third-order valence-electron chi connectivity index (χ3n) is 4.11. The number of rotatable bonds is 7. The van der Waals surface area contributed by atoms with E-state index in [0.29, 0.717) is 17.0 Å². The van der Waals surface area contributed by atoms with Gasteiger partial charge in [0.2, 0.25) is 5.95 Å². The van der Waals surface area contributed by atoms with E-state index in [9.17, 15) is 16.8 Å². The van der Waals surface area contributed by atoms with Gasteiger partial charge in [-0.05, 0) is 67.9 Å². The number of nitrogens with zero attached hydrogens (tertiary/aromatic N) is 2. The molecule has 2 N–H and O–H groups in total. The molecule has 0 unspecified atom stereocenters. The molecule has 3 aromatic rings. The molecule has 30 heavy (non-hydrogen) atoms. The molecule has 11 heteroatoms. The van der Waals surface area contributed by atoms with Crippen molar-refractivity contribution in [2.75, 3.05) is 16.6 Å². The van der Waals surface area contributed by atoms with Crippen molar-refractivity contribution in [2.24, 2.45) is 0 Å². The quantitative estimate of drug-likeness (QED) is 0.569. The highest BCUT2D eigenvalue weighted by Crippen LogP contribution is 2.24. The monoisotopic (exact) mass is 448 g/mol. The normalized spacial score (nSPS) is 11.7. The van der Waals surface area contributed by atoms with Crippen molar-refractivity contribution in [3.8, 4) is 5.75 Å². The number of hydrogen-bond donors (Lipinski definition) is 2. The lowest BCUT2D eigenvalue weighted by Gasteiger charge is -2.11. The second-order valence-electron chi connectivity index (χ2n) is 6.39. The highest BCUT2D eigenvalue weighted by Gasteiger charge is 2.18. The summed E-state index contributed by atoms with van der Waals surface area (Å²) in [4.78, 5) is 7.87. The fraction of sp³-hybridized carbons (Fsp3) is 0.158. The molecule has 158 valence electrons. The van der Waals surface area contributed by atoms with Crippen LogP contribution in [0.1, 0.15) is 11.3 Å². The van der Waals surface area contributed by atoms with E-state index in [-0.39, 0.29) is 21.4 Å². The Morgan fingerprint density at radius 1 is 0.833 bits per heavy atom. The molecule has 9 nitrogen and oxygen atoms in total. The molecule has 0 saturated heterocycles. The van der Waals surface area contributed by atoms with Gasteiger partial charge in [0.15, 0.2) is 0 Å². The van der Waals surface area contributed by atoms with Gasteiger partial charge in [-0.3, -0.25) is 4.72 Å². The third-order valence-corrected chi connectivity index (χ3v) is 6.84. The highest BCUT2D eigenvalue weighted by atomic mass is 32.2. The van der Waals surface area contributed by atoms with Crippen LogP contribution < -0.4 is 14.2 Å². The summed E-state index contributed by atoms with van der Waals surface area (Å²) in [5.74, 6) is 0.531. The molecule has 0 fully saturated rings. The molecule has 0 aliphatic heterocycles. The van der Waals surface area contributed by atoms with Crippen LogP contribution in [0, 0.1) is 13.8 Å². The van der Waals surface area contributed by atoms with E-state index in [0.717, 1.165) is 0 Å². The molecule has 0 radical (unpaired) electrons. The Morgan fingerprint density at radius 2 is 1.47 bits per heavy atom. The number of ether oxygens (including phenoxy) is 1. The lowest BCUT2D eigenvalue weighted by atomic mass is 10.2. The maximum Gasteiger partial charge on any atom is 0.264 e. The summed E-state index contributed by atoms with van der Waals surface area (Å²) >= 11 is 0. The number of nitrogens with one attached hydrogen (secondary N) is 2. The van der Waals surface area contributed by atoms with Crippen molar-refractivity contribution in [3.05, 3.63) is 66.0 Å². The first-order valence-corrected chi connectivity index (χ1v) is 11.7. The largest absolute Gasteiger partial charge is 0.496 e. The first-order chi connectivity index (χ1) is 14.1. The number of methoxy groups -OCH3 is 1. The first-order valence-electron chi connectivity index (χ1n) is 8.71. The van der Waals surface area contributed by atoms with Crippen LogP contribution in [-0.2, 0) is 20.0 Å². The van der Waals surface area contributed by atoms with Crippen molar-refractivity contribution in [3.63, 3.8) is 0 Å². The molecular weight excluding hydrogens is 428 g/mol. The Labute approximate surface area is 175 Å². The molecular formula is C19H20N4O5S2. The van der Waals surface area contributed by atoms with Crippen LogP contribution >= 0.6 is 0 Å². The highest BCUT2D eigenvalue weighted by molar-refractivity contribution is 7.93. The average molecular weight is 449 g/mol. The minimum absolute atomic E-state index is 0.0466. The summed E-state index contributed by atoms with van der Waals surface area (Å²) in [5, 5.41) is 0. The summed E-state index contributed by atoms with van der Waals surface area (Å²) in [5.41, 5.74) is 1.50. The summed E-state index contributed by atoms with van der Waals surface area (Å²) in [6.07, 6.45) is 1.44. The molecule has 2 aromatic carbocycles. The molecule has 1 aromatic heterocycles. The molecule has 1 heterocycles. The smallest absolute Gasteiger partial charge is 0.264 e. The number of sulfonamides is 2. The Morgan fingerprint density at radius 3 is 2.07 bits per heavy atom. The van der Waals surface area contributed by atoms with Gasteiger partial charge < -0.3 is 4.74 Å². The summed E-state index contributed by atoms with van der Waals surface area (Å²) in [6, 6.07) is 11.4. The van der Waals surface area contributed by atoms with Crippen molar-refractivity contribution in [2.45, 2.75) is 23.6 Å². The number of anilines is 2. The summed E-state index contributed by atoms with van der Waals surface area (Å²) < 4.78 is 60.0. The predicted molar refractivity (Wildman–Crippen MR) is 113 cm³/mol. The molecule has 0 aliphatic carbocycles. The van der Waals surface area contributed by atoms with Gasteiger partial charge >= 0.3 is 0 Å². The minimum Gasteiger partial charge on any atom is -0.496 e. The Hall–Kier alpha value is -3.18. The Bertz CT molecular complexity index is 1270. The average Bonchev–Trinajstić information content (AvgIpc) is 2.67. The van der Waals surface area contributed by atoms with Crippen LogP contribution in [-0.4, -0.2) is 33.9 Å². The number of aryl methyl sites for hydroxylation is 2. The minimum atomic E-state index is -3.92. The SMILES string of the molecule is COc1ccc(S(=O)(=O)Nc2ccc(S(=O)(=O)Nc3nccc(C)n3)cc2)cc1C. The van der Waals surface area contributed by atoms with Crippen LogP contribution in [0.4, 0.5) is 11.6 Å². The van der Waals surface area contributed by atoms with Crippen molar-refractivity contribution in [1.29, 1.82) is 0 Å². The van der Waals surface area contributed by atoms with E-state index in [2.05, 4.69) is 19.4 Å². The Balaban J connectivity index is 1.79. The van der Waals surface area contributed by atoms with Gasteiger partial charge in [0.05, 0.1) is 16.9 Å². The molecule has 0 amide bonds. The van der Waals surface area contributed by atoms with Crippen LogP contribution in [0.5, 0.6) is 5.75 Å². The molecule has 0 saturated carbocycles. The van der Waals surface area contributed by atoms with E-state index in [1.165, 1.54) is 49.7 Å². The summed E-state index contributed by atoms with van der Waals surface area (Å²) in [7, 11) is -6.27. The topological polar surface area (TPSA) is 127 Å². The zero-order chi connectivity index (χ0) is 21.9. The summed E-state index contributed by atoms with van der Waals surface area (Å²) in [6.45, 7) is 3.45. The standard InChI is InChI=1S/C19H20N4O5S2/c1-13-12-17(8-9-18(13)28-3)30(26,27)22-15-4-6-16(7-5-15)29(24,25)23-19-20-11-10-14(2)21-19/h4-12,22H,1-3H3,(H,20,21,23). The van der Waals surface area contributed by atoms with E-state index >= 15 is 0 Å². The van der Waals surface area contributed by atoms with E-state index in [1.807, 2.05) is 0 Å². The van der Waals surface area contributed by atoms with E-state index < -0.39 is 20.0 Å². The molecule has 0 spiro atoms. The van der Waals surface area contributed by atoms with Gasteiger partial charge in [-0.2, -0.15) is 0 Å². The van der Waals surface area contributed by atoms with Crippen molar-refractivity contribution < 1.29 is 21.6 Å². The zero-order valence-corrected chi connectivity index (χ0v) is 18.1. The second-order valence-corrected chi connectivity index (χ2v) is 9.75. The number of hydrogen-bond acceptors (Lipinski definition) is 7. The molecule has 3 rings (SSSR count). The van der Waals surface area contributed by atoms with Gasteiger partial charge in [-0.25, -0.2) is 31.5 Å². The predicted octanol–water partition coefficient (Wildman–Crippen LogP) is 2.70. The van der Waals surface area contributed by atoms with Crippen LogP contribution in [0.3, 0.4) is 0 Å². The van der Waals surface area contributed by atoms with Gasteiger partial charge in [0.25, 0.3) is 20.0 Å². The van der Waals surface area contributed by atoms with Crippen LogP contribution in [0.25, 0.3) is 0 Å². The molecule has 0 atom stereocenters. The van der Waals surface area contributed by atoms with E-state index in [4.69, 9.17) is 4.74 Å². The maximum atomic E-state index is 12.6. The van der Waals surface area contributed by atoms with Gasteiger partial charge in [-0.15, -0.1) is 0 Å². The lowest BCUT2D eigenvalue weighted by molar-refractivity contribution is 0.411. The van der Waals surface area contributed by atoms with Gasteiger partial charge in [-0.1, -0.05) is 0 Å². The van der Waals surface area contributed by atoms with Crippen LogP contribution in [0.2, 0.25) is 0 Å². The fourth-order valence-corrected chi connectivity index (χ4v) is 4.71. The van der Waals surface area contributed by atoms with Gasteiger partial charge in [0, 0.05) is 17.6 Å². The fourth-order valence-electron chi connectivity index (χ4n) is 2.61. The van der Waals surface area contributed by atoms with Crippen molar-refractivity contribution >= 4 is 31.7 Å². The second kappa shape index (κ2) is 8.28.